The number of hydrogen-bond acceptors (Lipinski definition) is 5. The summed E-state index contributed by atoms with van der Waals surface area (Å²) in [6.07, 6.45) is 1.66. The number of phenolic OH excluding ortho intramolecular Hbond substituents is 1. The van der Waals surface area contributed by atoms with Gasteiger partial charge >= 0.3 is 0 Å². The molecule has 0 spiro atoms. The standard InChI is InChI=1S/C17H12N2O3S/c1-22-13-8-4-5-10(15(13)20)9-14-16(21)19-12-7-3-2-6-11(12)18-17(19)23-14/h2-9,20H,1H3/b14-9+. The van der Waals surface area contributed by atoms with Gasteiger partial charge in [0.1, 0.15) is 0 Å². The third-order valence-corrected chi connectivity index (χ3v) is 4.65. The van der Waals surface area contributed by atoms with Gasteiger partial charge in [-0.25, -0.2) is 9.38 Å². The maximum Gasteiger partial charge on any atom is 0.274 e. The Labute approximate surface area is 134 Å². The third-order valence-electron chi connectivity index (χ3n) is 3.68. The van der Waals surface area contributed by atoms with E-state index < -0.39 is 0 Å². The predicted molar refractivity (Wildman–Crippen MR) is 90.3 cm³/mol. The fraction of sp³-hybridized carbons (Fsp3) is 0.0588. The summed E-state index contributed by atoms with van der Waals surface area (Å²) in [6, 6.07) is 12.7. The number of aromatic hydroxyl groups is 1. The van der Waals surface area contributed by atoms with Crippen LogP contribution in [0.2, 0.25) is 0 Å². The number of thiazole rings is 1. The van der Waals surface area contributed by atoms with Crippen molar-refractivity contribution in [1.82, 2.24) is 9.38 Å². The summed E-state index contributed by atoms with van der Waals surface area (Å²) in [7, 11) is 1.49. The quantitative estimate of drug-likeness (QED) is 0.614. The molecule has 1 N–H and O–H groups in total. The molecule has 0 aliphatic heterocycles. The largest absolute Gasteiger partial charge is 0.504 e. The third kappa shape index (κ3) is 2.07. The highest BCUT2D eigenvalue weighted by molar-refractivity contribution is 7.15. The molecule has 5 nitrogen and oxygen atoms in total. The van der Waals surface area contributed by atoms with Crippen LogP contribution in [0.1, 0.15) is 5.56 Å². The van der Waals surface area contributed by atoms with E-state index in [2.05, 4.69) is 4.98 Å². The predicted octanol–water partition coefficient (Wildman–Crippen LogP) is 2.17. The highest BCUT2D eigenvalue weighted by Gasteiger charge is 2.11. The Bertz CT molecular complexity index is 1140. The molecule has 0 amide bonds. The number of rotatable bonds is 2. The zero-order chi connectivity index (χ0) is 16.0. The lowest BCUT2D eigenvalue weighted by Gasteiger charge is -2.04. The monoisotopic (exact) mass is 324 g/mol. The molecule has 0 atom stereocenters. The number of fused-ring (bicyclic) bond motifs is 3. The van der Waals surface area contributed by atoms with Gasteiger partial charge in [-0.15, -0.1) is 0 Å². The van der Waals surface area contributed by atoms with Crippen molar-refractivity contribution < 1.29 is 9.84 Å². The summed E-state index contributed by atoms with van der Waals surface area (Å²) in [5.74, 6) is 0.392. The Morgan fingerprint density at radius 1 is 1.22 bits per heavy atom. The molecular formula is C17H12N2O3S. The van der Waals surface area contributed by atoms with Crippen LogP contribution in [0.15, 0.2) is 47.3 Å². The minimum Gasteiger partial charge on any atom is -0.504 e. The van der Waals surface area contributed by atoms with Crippen LogP contribution in [0.4, 0.5) is 0 Å². The van der Waals surface area contributed by atoms with Crippen molar-refractivity contribution in [3.05, 3.63) is 62.9 Å². The van der Waals surface area contributed by atoms with Gasteiger partial charge < -0.3 is 9.84 Å². The summed E-state index contributed by atoms with van der Waals surface area (Å²) in [5.41, 5.74) is 1.99. The summed E-state index contributed by atoms with van der Waals surface area (Å²) in [6.45, 7) is 0. The van der Waals surface area contributed by atoms with Gasteiger partial charge in [0.05, 0.1) is 22.7 Å². The van der Waals surface area contributed by atoms with Crippen LogP contribution >= 0.6 is 11.3 Å². The molecule has 0 radical (unpaired) electrons. The Morgan fingerprint density at radius 3 is 2.87 bits per heavy atom. The number of ether oxygens (including phenoxy) is 1. The number of aromatic nitrogens is 2. The van der Waals surface area contributed by atoms with Gasteiger partial charge in [0.2, 0.25) is 0 Å². The van der Waals surface area contributed by atoms with E-state index in [-0.39, 0.29) is 11.3 Å². The van der Waals surface area contributed by atoms with E-state index in [1.54, 1.807) is 28.7 Å². The van der Waals surface area contributed by atoms with Gasteiger partial charge in [-0.2, -0.15) is 0 Å². The molecule has 0 bridgehead atoms. The molecular weight excluding hydrogens is 312 g/mol. The van der Waals surface area contributed by atoms with Gasteiger partial charge in [-0.3, -0.25) is 4.79 Å². The fourth-order valence-electron chi connectivity index (χ4n) is 2.57. The van der Waals surface area contributed by atoms with Crippen LogP contribution in [0, 0.1) is 0 Å². The van der Waals surface area contributed by atoms with Crippen LogP contribution in [0.5, 0.6) is 11.5 Å². The first kappa shape index (κ1) is 13.8. The lowest BCUT2D eigenvalue weighted by Crippen LogP contribution is -2.22. The minimum atomic E-state index is -0.138. The normalized spacial score (nSPS) is 12.3. The Morgan fingerprint density at radius 2 is 2.04 bits per heavy atom. The molecule has 0 saturated carbocycles. The van der Waals surface area contributed by atoms with Gasteiger partial charge in [0, 0.05) is 5.56 Å². The van der Waals surface area contributed by atoms with Gasteiger partial charge in [-0.05, 0) is 24.3 Å². The average Bonchev–Trinajstić information content (AvgIpc) is 3.06. The van der Waals surface area contributed by atoms with Gasteiger partial charge in [0.25, 0.3) is 5.56 Å². The molecule has 2 aromatic heterocycles. The second kappa shape index (κ2) is 5.10. The number of nitrogens with zero attached hydrogens (tertiary/aromatic N) is 2. The van der Waals surface area contributed by atoms with E-state index in [0.717, 1.165) is 11.0 Å². The van der Waals surface area contributed by atoms with Crippen molar-refractivity contribution in [2.75, 3.05) is 7.11 Å². The zero-order valence-corrected chi connectivity index (χ0v) is 13.0. The van der Waals surface area contributed by atoms with Crippen LogP contribution in [0.3, 0.4) is 0 Å². The average molecular weight is 324 g/mol. The molecule has 0 saturated heterocycles. The van der Waals surface area contributed by atoms with Crippen LogP contribution in [-0.4, -0.2) is 21.6 Å². The first-order valence-electron chi connectivity index (χ1n) is 6.97. The SMILES string of the molecule is COc1cccc(/C=c2/sc3nc4ccccc4n3c2=O)c1O. The highest BCUT2D eigenvalue weighted by atomic mass is 32.1. The minimum absolute atomic E-state index is 0.0188. The summed E-state index contributed by atoms with van der Waals surface area (Å²) in [5, 5.41) is 10.2. The number of hydrogen-bond donors (Lipinski definition) is 1. The molecule has 114 valence electrons. The van der Waals surface area contributed by atoms with Crippen LogP contribution in [-0.2, 0) is 0 Å². The maximum atomic E-state index is 12.7. The lowest BCUT2D eigenvalue weighted by atomic mass is 10.2. The number of para-hydroxylation sites is 3. The molecule has 2 heterocycles. The topological polar surface area (TPSA) is 63.8 Å². The number of benzene rings is 2. The van der Waals surface area contributed by atoms with Crippen LogP contribution < -0.4 is 14.8 Å². The Hall–Kier alpha value is -2.86. The molecule has 23 heavy (non-hydrogen) atoms. The molecule has 2 aromatic carbocycles. The zero-order valence-electron chi connectivity index (χ0n) is 12.2. The van der Waals surface area contributed by atoms with Crippen molar-refractivity contribution in [3.63, 3.8) is 0 Å². The smallest absolute Gasteiger partial charge is 0.274 e. The van der Waals surface area contributed by atoms with E-state index in [9.17, 15) is 9.90 Å². The van der Waals surface area contributed by atoms with Crippen molar-refractivity contribution >= 4 is 33.4 Å². The van der Waals surface area contributed by atoms with Crippen molar-refractivity contribution in [1.29, 1.82) is 0 Å². The molecule has 0 aliphatic rings. The first-order valence-corrected chi connectivity index (χ1v) is 7.78. The van der Waals surface area contributed by atoms with E-state index in [1.165, 1.54) is 18.4 Å². The van der Waals surface area contributed by atoms with E-state index in [1.807, 2.05) is 24.3 Å². The second-order valence-electron chi connectivity index (χ2n) is 5.03. The van der Waals surface area contributed by atoms with E-state index in [4.69, 9.17) is 4.74 Å². The summed E-state index contributed by atoms with van der Waals surface area (Å²) < 4.78 is 7.21. The number of imidazole rings is 1. The van der Waals surface area contributed by atoms with Gasteiger partial charge in [0.15, 0.2) is 16.5 Å². The number of phenols is 1. The number of methoxy groups -OCH3 is 1. The van der Waals surface area contributed by atoms with Crippen LogP contribution in [0.25, 0.3) is 22.1 Å². The molecule has 6 heteroatoms. The molecule has 0 unspecified atom stereocenters. The molecule has 4 aromatic rings. The maximum absolute atomic E-state index is 12.7. The fourth-order valence-corrected chi connectivity index (χ4v) is 3.55. The van der Waals surface area contributed by atoms with Crippen molar-refractivity contribution in [2.45, 2.75) is 0 Å². The van der Waals surface area contributed by atoms with Crippen molar-refractivity contribution in [3.8, 4) is 11.5 Å². The molecule has 0 fully saturated rings. The Balaban J connectivity index is 2.00. The lowest BCUT2D eigenvalue weighted by molar-refractivity contribution is 0.373. The van der Waals surface area contributed by atoms with E-state index >= 15 is 0 Å². The van der Waals surface area contributed by atoms with Gasteiger partial charge in [-0.1, -0.05) is 35.6 Å². The first-order chi connectivity index (χ1) is 11.2. The summed E-state index contributed by atoms with van der Waals surface area (Å²) >= 11 is 1.30. The van der Waals surface area contributed by atoms with Crippen molar-refractivity contribution in [2.24, 2.45) is 0 Å². The molecule has 4 rings (SSSR count). The van der Waals surface area contributed by atoms with E-state index in [0.29, 0.717) is 20.8 Å². The summed E-state index contributed by atoms with van der Waals surface area (Å²) in [4.78, 5) is 17.8. The second-order valence-corrected chi connectivity index (χ2v) is 6.04. The molecule has 0 aliphatic carbocycles. The Kier molecular flexibility index (Phi) is 3.06. The highest BCUT2D eigenvalue weighted by Crippen LogP contribution is 2.29.